The second kappa shape index (κ2) is 5.14. The van der Waals surface area contributed by atoms with Crippen molar-refractivity contribution in [3.05, 3.63) is 59.0 Å². The normalized spacial score (nSPS) is 10.8. The third-order valence-corrected chi connectivity index (χ3v) is 3.64. The van der Waals surface area contributed by atoms with E-state index in [2.05, 4.69) is 9.97 Å². The van der Waals surface area contributed by atoms with Crippen molar-refractivity contribution in [1.29, 1.82) is 0 Å². The molecule has 0 atom stereocenters. The van der Waals surface area contributed by atoms with Gasteiger partial charge in [-0.1, -0.05) is 29.8 Å². The fraction of sp³-hybridized carbons (Fsp3) is 0.0625. The molecular formula is C16H12ClN3O. The van der Waals surface area contributed by atoms with Crippen LogP contribution in [0.5, 0.6) is 0 Å². The van der Waals surface area contributed by atoms with Crippen LogP contribution >= 0.6 is 11.6 Å². The lowest BCUT2D eigenvalue weighted by Crippen LogP contribution is -2.13. The Morgan fingerprint density at radius 3 is 2.76 bits per heavy atom. The molecule has 2 aromatic heterocycles. The van der Waals surface area contributed by atoms with E-state index in [1.54, 1.807) is 12.3 Å². The molecule has 0 saturated carbocycles. The van der Waals surface area contributed by atoms with Crippen LogP contribution in [0.4, 0.5) is 0 Å². The first-order valence-electron chi connectivity index (χ1n) is 6.39. The fourth-order valence-electron chi connectivity index (χ4n) is 2.38. The van der Waals surface area contributed by atoms with Crippen LogP contribution < -0.4 is 5.73 Å². The van der Waals surface area contributed by atoms with E-state index in [0.717, 1.165) is 10.9 Å². The smallest absolute Gasteiger partial charge is 0.249 e. The molecule has 0 aliphatic rings. The first kappa shape index (κ1) is 13.5. The van der Waals surface area contributed by atoms with E-state index in [4.69, 9.17) is 17.3 Å². The van der Waals surface area contributed by atoms with Crippen LogP contribution in [0.25, 0.3) is 22.0 Å². The third-order valence-electron chi connectivity index (χ3n) is 3.35. The van der Waals surface area contributed by atoms with Gasteiger partial charge in [0.05, 0.1) is 11.1 Å². The van der Waals surface area contributed by atoms with E-state index in [9.17, 15) is 4.79 Å². The quantitative estimate of drug-likeness (QED) is 0.737. The molecule has 1 amide bonds. The lowest BCUT2D eigenvalue weighted by Gasteiger charge is -2.12. The van der Waals surface area contributed by atoms with Gasteiger partial charge in [0.1, 0.15) is 5.15 Å². The standard InChI is InChI=1S/C16H12ClN3O/c1-9-14(11(16(18)21)6-7-19-9)12-8-10-4-2-3-5-13(10)20-15(12)17/h2-8H,1H3,(H2,18,21). The molecule has 0 saturated heterocycles. The van der Waals surface area contributed by atoms with Gasteiger partial charge in [0.25, 0.3) is 0 Å². The maximum absolute atomic E-state index is 11.7. The number of fused-ring (bicyclic) bond motifs is 1. The van der Waals surface area contributed by atoms with Crippen LogP contribution in [0.1, 0.15) is 16.1 Å². The first-order valence-corrected chi connectivity index (χ1v) is 6.77. The SMILES string of the molecule is Cc1nccc(C(N)=O)c1-c1cc2ccccc2nc1Cl. The van der Waals surface area contributed by atoms with Gasteiger partial charge in [0, 0.05) is 28.4 Å². The highest BCUT2D eigenvalue weighted by Crippen LogP contribution is 2.33. The molecule has 0 spiro atoms. The number of hydrogen-bond acceptors (Lipinski definition) is 3. The number of halogens is 1. The molecule has 2 N–H and O–H groups in total. The number of primary amides is 1. The van der Waals surface area contributed by atoms with E-state index in [-0.39, 0.29) is 0 Å². The number of rotatable bonds is 2. The highest BCUT2D eigenvalue weighted by atomic mass is 35.5. The summed E-state index contributed by atoms with van der Waals surface area (Å²) in [6.07, 6.45) is 1.56. The molecular weight excluding hydrogens is 286 g/mol. The molecule has 0 aliphatic carbocycles. The summed E-state index contributed by atoms with van der Waals surface area (Å²) in [4.78, 5) is 20.3. The van der Waals surface area contributed by atoms with Crippen molar-refractivity contribution in [2.75, 3.05) is 0 Å². The molecule has 0 unspecified atom stereocenters. The monoisotopic (exact) mass is 297 g/mol. The van der Waals surface area contributed by atoms with Gasteiger partial charge in [-0.05, 0) is 25.1 Å². The molecule has 1 aromatic carbocycles. The summed E-state index contributed by atoms with van der Waals surface area (Å²) in [6.45, 7) is 1.81. The van der Waals surface area contributed by atoms with E-state index in [1.807, 2.05) is 37.3 Å². The topological polar surface area (TPSA) is 68.9 Å². The van der Waals surface area contributed by atoms with Crippen molar-refractivity contribution < 1.29 is 4.79 Å². The van der Waals surface area contributed by atoms with E-state index < -0.39 is 5.91 Å². The lowest BCUT2D eigenvalue weighted by molar-refractivity contribution is 0.100. The Bertz CT molecular complexity index is 861. The number of carbonyl (C=O) groups is 1. The zero-order valence-electron chi connectivity index (χ0n) is 11.3. The summed E-state index contributed by atoms with van der Waals surface area (Å²) in [6, 6.07) is 11.1. The highest BCUT2D eigenvalue weighted by Gasteiger charge is 2.17. The van der Waals surface area contributed by atoms with Crippen LogP contribution in [0, 0.1) is 6.92 Å². The summed E-state index contributed by atoms with van der Waals surface area (Å²) in [5.74, 6) is -0.514. The molecule has 3 aromatic rings. The van der Waals surface area contributed by atoms with Gasteiger partial charge < -0.3 is 5.73 Å². The summed E-state index contributed by atoms with van der Waals surface area (Å²) < 4.78 is 0. The van der Waals surface area contributed by atoms with Crippen LogP contribution in [0.15, 0.2) is 42.6 Å². The Hall–Kier alpha value is -2.46. The average Bonchev–Trinajstić information content (AvgIpc) is 2.46. The number of aromatic nitrogens is 2. The first-order chi connectivity index (χ1) is 10.1. The highest BCUT2D eigenvalue weighted by molar-refractivity contribution is 6.33. The summed E-state index contributed by atoms with van der Waals surface area (Å²) in [7, 11) is 0. The number of para-hydroxylation sites is 1. The number of hydrogen-bond donors (Lipinski definition) is 1. The van der Waals surface area contributed by atoms with Crippen molar-refractivity contribution >= 4 is 28.4 Å². The van der Waals surface area contributed by atoms with Crippen LogP contribution in [-0.4, -0.2) is 15.9 Å². The maximum Gasteiger partial charge on any atom is 0.249 e. The van der Waals surface area contributed by atoms with Gasteiger partial charge in [-0.15, -0.1) is 0 Å². The molecule has 0 radical (unpaired) electrons. The van der Waals surface area contributed by atoms with E-state index >= 15 is 0 Å². The predicted octanol–water partition coefficient (Wildman–Crippen LogP) is 3.36. The second-order valence-corrected chi connectivity index (χ2v) is 5.06. The molecule has 3 rings (SSSR count). The second-order valence-electron chi connectivity index (χ2n) is 4.70. The zero-order chi connectivity index (χ0) is 15.0. The Kier molecular flexibility index (Phi) is 3.31. The fourth-order valence-corrected chi connectivity index (χ4v) is 2.62. The molecule has 5 heteroatoms. The Morgan fingerprint density at radius 2 is 2.00 bits per heavy atom. The molecule has 4 nitrogen and oxygen atoms in total. The number of pyridine rings is 2. The molecule has 2 heterocycles. The molecule has 0 aliphatic heterocycles. The van der Waals surface area contributed by atoms with Gasteiger partial charge in [-0.2, -0.15) is 0 Å². The summed E-state index contributed by atoms with van der Waals surface area (Å²) in [5, 5.41) is 1.27. The Balaban J connectivity index is 2.35. The van der Waals surface area contributed by atoms with Crippen molar-refractivity contribution in [3.8, 4) is 11.1 Å². The number of amides is 1. The minimum atomic E-state index is -0.514. The van der Waals surface area contributed by atoms with Gasteiger partial charge in [-0.25, -0.2) is 4.98 Å². The Morgan fingerprint density at radius 1 is 1.24 bits per heavy atom. The molecule has 0 fully saturated rings. The van der Waals surface area contributed by atoms with Crippen LogP contribution in [0.2, 0.25) is 5.15 Å². The largest absolute Gasteiger partial charge is 0.366 e. The van der Waals surface area contributed by atoms with Gasteiger partial charge in [-0.3, -0.25) is 9.78 Å². The molecule has 0 bridgehead atoms. The van der Waals surface area contributed by atoms with Crippen LogP contribution in [0.3, 0.4) is 0 Å². The van der Waals surface area contributed by atoms with Crippen molar-refractivity contribution in [2.45, 2.75) is 6.92 Å². The number of nitrogens with zero attached hydrogens (tertiary/aromatic N) is 2. The van der Waals surface area contributed by atoms with E-state index in [0.29, 0.717) is 27.5 Å². The summed E-state index contributed by atoms with van der Waals surface area (Å²) >= 11 is 6.30. The van der Waals surface area contributed by atoms with Crippen molar-refractivity contribution in [3.63, 3.8) is 0 Å². The molecule has 104 valence electrons. The van der Waals surface area contributed by atoms with Crippen molar-refractivity contribution in [2.24, 2.45) is 5.73 Å². The molecule has 21 heavy (non-hydrogen) atoms. The maximum atomic E-state index is 11.7. The number of carbonyl (C=O) groups excluding carboxylic acids is 1. The average molecular weight is 298 g/mol. The van der Waals surface area contributed by atoms with E-state index in [1.165, 1.54) is 0 Å². The van der Waals surface area contributed by atoms with Gasteiger partial charge >= 0.3 is 0 Å². The zero-order valence-corrected chi connectivity index (χ0v) is 12.1. The predicted molar refractivity (Wildman–Crippen MR) is 83.2 cm³/mol. The number of nitrogens with two attached hydrogens (primary N) is 1. The minimum absolute atomic E-state index is 0.326. The third kappa shape index (κ3) is 2.34. The number of benzene rings is 1. The van der Waals surface area contributed by atoms with Crippen molar-refractivity contribution in [1.82, 2.24) is 9.97 Å². The number of aryl methyl sites for hydroxylation is 1. The minimum Gasteiger partial charge on any atom is -0.366 e. The van der Waals surface area contributed by atoms with Crippen LogP contribution in [-0.2, 0) is 0 Å². The lowest BCUT2D eigenvalue weighted by atomic mass is 9.98. The van der Waals surface area contributed by atoms with Gasteiger partial charge in [0.2, 0.25) is 5.91 Å². The Labute approximate surface area is 126 Å². The van der Waals surface area contributed by atoms with Gasteiger partial charge in [0.15, 0.2) is 0 Å². The summed E-state index contributed by atoms with van der Waals surface area (Å²) in [5.41, 5.74) is 8.62.